The van der Waals surface area contributed by atoms with E-state index >= 15 is 8.78 Å². The minimum Gasteiger partial charge on any atom is -0.494 e. The summed E-state index contributed by atoms with van der Waals surface area (Å²) in [7, 11) is 0. The van der Waals surface area contributed by atoms with Gasteiger partial charge in [0.25, 0.3) is 0 Å². The lowest BCUT2D eigenvalue weighted by Crippen LogP contribution is -2.17. The number of unbranched alkanes of at least 4 members (excludes halogenated alkanes) is 2. The van der Waals surface area contributed by atoms with Crippen LogP contribution in [0, 0.1) is 17.6 Å². The van der Waals surface area contributed by atoms with Crippen LogP contribution in [0.15, 0.2) is 30.3 Å². The molecule has 1 unspecified atom stereocenters. The summed E-state index contributed by atoms with van der Waals surface area (Å²) in [6.07, 6.45) is 12.8. The molecule has 0 N–H and O–H groups in total. The van der Waals surface area contributed by atoms with Crippen LogP contribution in [0.5, 0.6) is 5.75 Å². The van der Waals surface area contributed by atoms with E-state index in [2.05, 4.69) is 26.0 Å². The third-order valence-corrected chi connectivity index (χ3v) is 7.97. The van der Waals surface area contributed by atoms with Crippen molar-refractivity contribution in [3.05, 3.63) is 64.2 Å². The van der Waals surface area contributed by atoms with Crippen LogP contribution in [0.2, 0.25) is 0 Å². The van der Waals surface area contributed by atoms with Crippen molar-refractivity contribution in [2.45, 2.75) is 103 Å². The summed E-state index contributed by atoms with van der Waals surface area (Å²) >= 11 is 0. The Bertz CT molecular complexity index is 891. The van der Waals surface area contributed by atoms with Crippen molar-refractivity contribution >= 4 is 0 Å². The molecule has 0 spiro atoms. The summed E-state index contributed by atoms with van der Waals surface area (Å²) in [5, 5.41) is 0. The molecule has 0 aromatic heterocycles. The molecule has 2 aliphatic rings. The van der Waals surface area contributed by atoms with Gasteiger partial charge >= 0.3 is 0 Å². The number of halogens is 2. The van der Waals surface area contributed by atoms with Crippen molar-refractivity contribution < 1.29 is 13.5 Å². The molecule has 4 rings (SSSR count). The van der Waals surface area contributed by atoms with Gasteiger partial charge in [-0.25, -0.2) is 8.78 Å². The fourth-order valence-electron chi connectivity index (χ4n) is 5.91. The predicted octanol–water partition coefficient (Wildman–Crippen LogP) is 8.88. The van der Waals surface area contributed by atoms with Gasteiger partial charge in [0.05, 0.1) is 6.61 Å². The highest BCUT2D eigenvalue weighted by atomic mass is 19.1. The minimum atomic E-state index is -0.342. The summed E-state index contributed by atoms with van der Waals surface area (Å²) in [5.41, 5.74) is 3.62. The van der Waals surface area contributed by atoms with E-state index in [1.165, 1.54) is 43.2 Å². The molecular formula is C30H40F2O. The van der Waals surface area contributed by atoms with Crippen molar-refractivity contribution in [2.24, 2.45) is 5.92 Å². The number of hydrogen-bond donors (Lipinski definition) is 0. The van der Waals surface area contributed by atoms with Gasteiger partial charge in [-0.2, -0.15) is 0 Å². The zero-order valence-corrected chi connectivity index (χ0v) is 20.5. The average Bonchev–Trinajstić information content (AvgIpc) is 2.83. The van der Waals surface area contributed by atoms with Crippen LogP contribution in [-0.4, -0.2) is 6.61 Å². The van der Waals surface area contributed by atoms with Crippen LogP contribution in [0.3, 0.4) is 0 Å². The highest BCUT2D eigenvalue weighted by molar-refractivity contribution is 5.41. The van der Waals surface area contributed by atoms with Crippen LogP contribution >= 0.6 is 0 Å². The molecule has 1 fully saturated rings. The lowest BCUT2D eigenvalue weighted by atomic mass is 9.76. The first-order valence-electron chi connectivity index (χ1n) is 13.3. The molecule has 0 heterocycles. The molecular weight excluding hydrogens is 414 g/mol. The minimum absolute atomic E-state index is 0.0943. The monoisotopic (exact) mass is 454 g/mol. The van der Waals surface area contributed by atoms with E-state index in [-0.39, 0.29) is 17.6 Å². The van der Waals surface area contributed by atoms with Crippen molar-refractivity contribution in [1.29, 1.82) is 0 Å². The molecule has 180 valence electrons. The van der Waals surface area contributed by atoms with Crippen LogP contribution in [0.1, 0.15) is 112 Å². The molecule has 0 radical (unpaired) electrons. The fraction of sp³-hybridized carbons (Fsp3) is 0.600. The second kappa shape index (κ2) is 11.5. The average molecular weight is 455 g/mol. The highest BCUT2D eigenvalue weighted by Gasteiger charge is 2.28. The van der Waals surface area contributed by atoms with E-state index < -0.39 is 0 Å². The van der Waals surface area contributed by atoms with Gasteiger partial charge in [-0.05, 0) is 110 Å². The maximum Gasteiger partial charge on any atom is 0.129 e. The Morgan fingerprint density at radius 1 is 0.818 bits per heavy atom. The molecule has 0 amide bonds. The van der Waals surface area contributed by atoms with E-state index in [4.69, 9.17) is 4.74 Å². The Morgan fingerprint density at radius 3 is 2.24 bits per heavy atom. The first-order valence-corrected chi connectivity index (χ1v) is 13.3. The number of hydrogen-bond acceptors (Lipinski definition) is 1. The van der Waals surface area contributed by atoms with Crippen LogP contribution < -0.4 is 4.74 Å². The summed E-state index contributed by atoms with van der Waals surface area (Å²) in [6.45, 7) is 5.13. The number of aryl methyl sites for hydroxylation is 1. The summed E-state index contributed by atoms with van der Waals surface area (Å²) in [6, 6.07) is 9.51. The van der Waals surface area contributed by atoms with E-state index in [1.807, 2.05) is 6.07 Å². The topological polar surface area (TPSA) is 9.23 Å². The van der Waals surface area contributed by atoms with Crippen molar-refractivity contribution in [1.82, 2.24) is 0 Å². The molecule has 1 nitrogen and oxygen atoms in total. The standard InChI is InChI=1S/C30H40F2O/c1-3-5-7-21-8-10-22(11-9-21)26-19-28(31)30(29(32)20-26)25-13-12-24-18-27(33-16-6-4-2)15-14-23(24)17-25/h14-15,18-22,25H,3-13,16-17H2,1-2H3. The molecule has 0 aliphatic heterocycles. The summed E-state index contributed by atoms with van der Waals surface area (Å²) in [4.78, 5) is 0. The Balaban J connectivity index is 1.42. The Hall–Kier alpha value is -1.90. The van der Waals surface area contributed by atoms with Crippen LogP contribution in [0.4, 0.5) is 8.78 Å². The quantitative estimate of drug-likeness (QED) is 0.344. The molecule has 1 atom stereocenters. The predicted molar refractivity (Wildman–Crippen MR) is 132 cm³/mol. The van der Waals surface area contributed by atoms with E-state index in [0.29, 0.717) is 17.9 Å². The number of ether oxygens (including phenoxy) is 1. The van der Waals surface area contributed by atoms with Gasteiger partial charge < -0.3 is 4.74 Å². The largest absolute Gasteiger partial charge is 0.494 e. The molecule has 2 aromatic carbocycles. The number of fused-ring (bicyclic) bond motifs is 1. The van der Waals surface area contributed by atoms with Gasteiger partial charge in [0.2, 0.25) is 0 Å². The van der Waals surface area contributed by atoms with Crippen LogP contribution in [0.25, 0.3) is 0 Å². The summed E-state index contributed by atoms with van der Waals surface area (Å²) < 4.78 is 36.3. The third kappa shape index (κ3) is 5.97. The van der Waals surface area contributed by atoms with Gasteiger partial charge in [-0.15, -0.1) is 0 Å². The molecule has 2 aromatic rings. The van der Waals surface area contributed by atoms with Gasteiger partial charge in [0.15, 0.2) is 0 Å². The number of rotatable bonds is 9. The Morgan fingerprint density at radius 2 is 1.55 bits per heavy atom. The number of benzene rings is 2. The van der Waals surface area contributed by atoms with Crippen molar-refractivity contribution in [3.63, 3.8) is 0 Å². The first-order chi connectivity index (χ1) is 16.1. The highest BCUT2D eigenvalue weighted by Crippen LogP contribution is 2.41. The van der Waals surface area contributed by atoms with Gasteiger partial charge in [-0.3, -0.25) is 0 Å². The molecule has 0 saturated heterocycles. The van der Waals surface area contributed by atoms with E-state index in [1.54, 1.807) is 12.1 Å². The van der Waals surface area contributed by atoms with E-state index in [0.717, 1.165) is 62.4 Å². The van der Waals surface area contributed by atoms with E-state index in [9.17, 15) is 0 Å². The molecule has 0 bridgehead atoms. The zero-order chi connectivity index (χ0) is 23.2. The molecule has 33 heavy (non-hydrogen) atoms. The summed E-state index contributed by atoms with van der Waals surface area (Å²) in [5.74, 6) is 1.24. The van der Waals surface area contributed by atoms with Gasteiger partial charge in [0, 0.05) is 5.56 Å². The Kier molecular flexibility index (Phi) is 8.44. The first kappa shape index (κ1) is 24.2. The second-order valence-electron chi connectivity index (χ2n) is 10.3. The maximum atomic E-state index is 15.2. The third-order valence-electron chi connectivity index (χ3n) is 7.97. The normalized spacial score (nSPS) is 22.7. The Labute approximate surface area is 198 Å². The van der Waals surface area contributed by atoms with Crippen molar-refractivity contribution in [2.75, 3.05) is 6.61 Å². The smallest absolute Gasteiger partial charge is 0.129 e. The van der Waals surface area contributed by atoms with Gasteiger partial charge in [-0.1, -0.05) is 45.6 Å². The zero-order valence-electron chi connectivity index (χ0n) is 20.5. The SMILES string of the molecule is CCCCOc1ccc2c(c1)CCC(c1c(F)cc(C3CCC(CCCC)CC3)cc1F)C2. The molecule has 1 saturated carbocycles. The molecule has 3 heteroatoms. The lowest BCUT2D eigenvalue weighted by Gasteiger charge is -2.30. The van der Waals surface area contributed by atoms with Gasteiger partial charge in [0.1, 0.15) is 17.4 Å². The fourth-order valence-corrected chi connectivity index (χ4v) is 5.91. The maximum absolute atomic E-state index is 15.2. The lowest BCUT2D eigenvalue weighted by molar-refractivity contribution is 0.303. The second-order valence-corrected chi connectivity index (χ2v) is 10.3. The molecule has 2 aliphatic carbocycles. The van der Waals surface area contributed by atoms with Crippen LogP contribution in [-0.2, 0) is 12.8 Å². The van der Waals surface area contributed by atoms with Crippen molar-refractivity contribution in [3.8, 4) is 5.75 Å².